The van der Waals surface area contributed by atoms with E-state index in [4.69, 9.17) is 0 Å². The van der Waals surface area contributed by atoms with Crippen LogP contribution in [0.5, 0.6) is 0 Å². The summed E-state index contributed by atoms with van der Waals surface area (Å²) in [5.41, 5.74) is 1.58. The summed E-state index contributed by atoms with van der Waals surface area (Å²) < 4.78 is 0.763. The molecule has 0 saturated heterocycles. The van der Waals surface area contributed by atoms with Gasteiger partial charge in [0.25, 0.3) is 5.91 Å². The van der Waals surface area contributed by atoms with E-state index in [-0.39, 0.29) is 11.7 Å². The van der Waals surface area contributed by atoms with E-state index >= 15 is 0 Å². The number of aromatic nitrogens is 4. The molecular formula is C12H12BrN5O. The zero-order valence-corrected chi connectivity index (χ0v) is 11.9. The predicted octanol–water partition coefficient (Wildman–Crippen LogP) is 2.40. The third-order valence-corrected chi connectivity index (χ3v) is 3.77. The molecular weight excluding hydrogens is 310 g/mol. The molecule has 1 aliphatic rings. The molecule has 0 unspecified atom stereocenters. The largest absolute Gasteiger partial charge is 0.318 e. The van der Waals surface area contributed by atoms with Crippen LogP contribution in [0.15, 0.2) is 16.9 Å². The summed E-state index contributed by atoms with van der Waals surface area (Å²) in [5.74, 6) is 1.09. The van der Waals surface area contributed by atoms with Gasteiger partial charge in [0.2, 0.25) is 5.82 Å². The topological polar surface area (TPSA) is 83.6 Å². The molecule has 2 heterocycles. The summed E-state index contributed by atoms with van der Waals surface area (Å²) in [5, 5.41) is 9.48. The number of anilines is 1. The van der Waals surface area contributed by atoms with Crippen LogP contribution in [0.4, 0.5) is 5.69 Å². The highest BCUT2D eigenvalue weighted by Gasteiger charge is 2.28. The normalized spacial score (nSPS) is 14.4. The van der Waals surface area contributed by atoms with Gasteiger partial charge in [-0.05, 0) is 47.3 Å². The van der Waals surface area contributed by atoms with Crippen molar-refractivity contribution in [2.75, 3.05) is 5.32 Å². The maximum atomic E-state index is 12.0. The highest BCUT2D eigenvalue weighted by atomic mass is 79.9. The molecule has 19 heavy (non-hydrogen) atoms. The molecule has 1 aliphatic carbocycles. The van der Waals surface area contributed by atoms with Gasteiger partial charge in [-0.25, -0.2) is 9.97 Å². The Kier molecular flexibility index (Phi) is 3.06. The number of aryl methyl sites for hydroxylation is 1. The van der Waals surface area contributed by atoms with E-state index in [1.165, 1.54) is 0 Å². The molecule has 98 valence electrons. The average molecular weight is 322 g/mol. The molecule has 1 fully saturated rings. The number of hydrogen-bond acceptors (Lipinski definition) is 4. The minimum atomic E-state index is -0.327. The molecule has 7 heteroatoms. The second kappa shape index (κ2) is 4.73. The number of aromatic amines is 1. The summed E-state index contributed by atoms with van der Waals surface area (Å²) in [6.45, 7) is 1.91. The number of nitrogens with one attached hydrogen (secondary N) is 2. The summed E-state index contributed by atoms with van der Waals surface area (Å²) in [4.78, 5) is 20.3. The third kappa shape index (κ3) is 2.65. The first-order chi connectivity index (χ1) is 9.13. The molecule has 1 saturated carbocycles. The van der Waals surface area contributed by atoms with Crippen molar-refractivity contribution in [1.29, 1.82) is 0 Å². The van der Waals surface area contributed by atoms with E-state index in [0.29, 0.717) is 11.6 Å². The monoisotopic (exact) mass is 321 g/mol. The Labute approximate surface area is 118 Å². The van der Waals surface area contributed by atoms with Crippen LogP contribution in [0.1, 0.15) is 40.8 Å². The number of pyridine rings is 1. The van der Waals surface area contributed by atoms with Crippen molar-refractivity contribution in [2.45, 2.75) is 25.7 Å². The van der Waals surface area contributed by atoms with Crippen LogP contribution in [0.3, 0.4) is 0 Å². The third-order valence-electron chi connectivity index (χ3n) is 2.94. The fraction of sp³-hybridized carbons (Fsp3) is 0.333. The number of nitrogens with zero attached hydrogens (tertiary/aromatic N) is 3. The van der Waals surface area contributed by atoms with Gasteiger partial charge in [-0.1, -0.05) is 0 Å². The Morgan fingerprint density at radius 1 is 1.53 bits per heavy atom. The zero-order valence-electron chi connectivity index (χ0n) is 10.3. The molecule has 0 atom stereocenters. The number of rotatable bonds is 3. The minimum absolute atomic E-state index is 0.169. The van der Waals surface area contributed by atoms with Gasteiger partial charge in [0, 0.05) is 5.92 Å². The van der Waals surface area contributed by atoms with Crippen LogP contribution in [-0.2, 0) is 0 Å². The summed E-state index contributed by atoms with van der Waals surface area (Å²) in [6, 6.07) is 1.84. The maximum absolute atomic E-state index is 12.0. The molecule has 3 rings (SSSR count). The quantitative estimate of drug-likeness (QED) is 0.850. The standard InChI is InChI=1S/C12H12BrN5O/c1-6-4-8(5-14-9(6)13)15-12(19)11-16-10(17-18-11)7-2-3-7/h4-5,7H,2-3H2,1H3,(H,15,19)(H,16,17,18). The fourth-order valence-corrected chi connectivity index (χ4v) is 1.95. The molecule has 2 aromatic heterocycles. The fourth-order valence-electron chi connectivity index (χ4n) is 1.73. The summed E-state index contributed by atoms with van der Waals surface area (Å²) >= 11 is 3.31. The molecule has 0 aromatic carbocycles. The SMILES string of the molecule is Cc1cc(NC(=O)c2n[nH]c(C3CC3)n2)cnc1Br. The van der Waals surface area contributed by atoms with Crippen molar-refractivity contribution in [3.63, 3.8) is 0 Å². The second-order valence-corrected chi connectivity index (χ2v) is 5.36. The van der Waals surface area contributed by atoms with Crippen molar-refractivity contribution in [3.05, 3.63) is 34.1 Å². The van der Waals surface area contributed by atoms with Crippen molar-refractivity contribution in [2.24, 2.45) is 0 Å². The number of halogens is 1. The first-order valence-electron chi connectivity index (χ1n) is 5.99. The van der Waals surface area contributed by atoms with E-state index in [1.807, 2.05) is 13.0 Å². The molecule has 0 aliphatic heterocycles. The molecule has 2 N–H and O–H groups in total. The highest BCUT2D eigenvalue weighted by Crippen LogP contribution is 2.37. The lowest BCUT2D eigenvalue weighted by Crippen LogP contribution is -2.14. The minimum Gasteiger partial charge on any atom is -0.318 e. The highest BCUT2D eigenvalue weighted by molar-refractivity contribution is 9.10. The van der Waals surface area contributed by atoms with Gasteiger partial charge in [-0.3, -0.25) is 9.89 Å². The Hall–Kier alpha value is -1.76. The lowest BCUT2D eigenvalue weighted by atomic mass is 10.3. The Morgan fingerprint density at radius 3 is 3.00 bits per heavy atom. The van der Waals surface area contributed by atoms with Crippen LogP contribution in [-0.4, -0.2) is 26.1 Å². The number of amides is 1. The van der Waals surface area contributed by atoms with Gasteiger partial charge in [-0.15, -0.1) is 5.10 Å². The zero-order chi connectivity index (χ0) is 13.4. The van der Waals surface area contributed by atoms with Gasteiger partial charge >= 0.3 is 0 Å². The summed E-state index contributed by atoms with van der Waals surface area (Å²) in [6.07, 6.45) is 3.82. The molecule has 1 amide bonds. The number of H-pyrrole nitrogens is 1. The first kappa shape index (κ1) is 12.3. The van der Waals surface area contributed by atoms with Crippen LogP contribution in [0, 0.1) is 6.92 Å². The molecule has 6 nitrogen and oxygen atoms in total. The smallest absolute Gasteiger partial charge is 0.295 e. The van der Waals surface area contributed by atoms with Gasteiger partial charge in [0.15, 0.2) is 0 Å². The van der Waals surface area contributed by atoms with E-state index in [9.17, 15) is 4.79 Å². The lowest BCUT2D eigenvalue weighted by Gasteiger charge is -2.04. The maximum Gasteiger partial charge on any atom is 0.295 e. The van der Waals surface area contributed by atoms with Gasteiger partial charge in [0.05, 0.1) is 11.9 Å². The predicted molar refractivity (Wildman–Crippen MR) is 73.0 cm³/mol. The average Bonchev–Trinajstić information content (AvgIpc) is 3.11. The van der Waals surface area contributed by atoms with E-state index in [1.54, 1.807) is 6.20 Å². The van der Waals surface area contributed by atoms with Gasteiger partial charge < -0.3 is 5.32 Å². The van der Waals surface area contributed by atoms with Crippen molar-refractivity contribution in [1.82, 2.24) is 20.2 Å². The van der Waals surface area contributed by atoms with Crippen molar-refractivity contribution >= 4 is 27.5 Å². The molecule has 2 aromatic rings. The van der Waals surface area contributed by atoms with Crippen LogP contribution in [0.25, 0.3) is 0 Å². The second-order valence-electron chi connectivity index (χ2n) is 4.60. The Bertz CT molecular complexity index is 635. The van der Waals surface area contributed by atoms with Crippen LogP contribution >= 0.6 is 15.9 Å². The van der Waals surface area contributed by atoms with Crippen LogP contribution < -0.4 is 5.32 Å². The van der Waals surface area contributed by atoms with Gasteiger partial charge in [-0.2, -0.15) is 0 Å². The Morgan fingerprint density at radius 2 is 2.32 bits per heavy atom. The lowest BCUT2D eigenvalue weighted by molar-refractivity contribution is 0.101. The van der Waals surface area contributed by atoms with Crippen LogP contribution in [0.2, 0.25) is 0 Å². The molecule has 0 radical (unpaired) electrons. The van der Waals surface area contributed by atoms with Gasteiger partial charge in [0.1, 0.15) is 10.4 Å². The number of hydrogen-bond donors (Lipinski definition) is 2. The molecule has 0 bridgehead atoms. The van der Waals surface area contributed by atoms with E-state index in [2.05, 4.69) is 41.4 Å². The van der Waals surface area contributed by atoms with E-state index < -0.39 is 0 Å². The van der Waals surface area contributed by atoms with Crippen molar-refractivity contribution in [3.8, 4) is 0 Å². The number of carbonyl (C=O) groups excluding carboxylic acids is 1. The number of carbonyl (C=O) groups is 1. The first-order valence-corrected chi connectivity index (χ1v) is 6.78. The van der Waals surface area contributed by atoms with Crippen molar-refractivity contribution < 1.29 is 4.79 Å². The summed E-state index contributed by atoms with van der Waals surface area (Å²) in [7, 11) is 0. The molecule has 0 spiro atoms. The Balaban J connectivity index is 1.74. The van der Waals surface area contributed by atoms with E-state index in [0.717, 1.165) is 28.8 Å².